The number of amides is 1. The van der Waals surface area contributed by atoms with E-state index in [1.54, 1.807) is 0 Å². The predicted octanol–water partition coefficient (Wildman–Crippen LogP) is 1.33. The number of rotatable bonds is 4. The second kappa shape index (κ2) is 9.85. The third-order valence-electron chi connectivity index (χ3n) is 4.30. The summed E-state index contributed by atoms with van der Waals surface area (Å²) < 4.78 is 5.28. The van der Waals surface area contributed by atoms with Crippen LogP contribution in [0.1, 0.15) is 39.0 Å². The van der Waals surface area contributed by atoms with Gasteiger partial charge in [0.15, 0.2) is 0 Å². The summed E-state index contributed by atoms with van der Waals surface area (Å²) in [6.07, 6.45) is 4.54. The number of ether oxygens (including phenoxy) is 1. The lowest BCUT2D eigenvalue weighted by atomic mass is 9.89. The van der Waals surface area contributed by atoms with E-state index in [9.17, 15) is 4.79 Å². The largest absolute Gasteiger partial charge is 0.381 e. The molecule has 7 heteroatoms. The van der Waals surface area contributed by atoms with Gasteiger partial charge in [-0.2, -0.15) is 0 Å². The van der Waals surface area contributed by atoms with Gasteiger partial charge >= 0.3 is 0 Å². The Morgan fingerprint density at radius 1 is 1.29 bits per heavy atom. The van der Waals surface area contributed by atoms with Gasteiger partial charge in [-0.3, -0.25) is 4.79 Å². The molecule has 0 spiro atoms. The van der Waals surface area contributed by atoms with Crippen LogP contribution >= 0.6 is 24.8 Å². The van der Waals surface area contributed by atoms with Gasteiger partial charge in [-0.1, -0.05) is 6.92 Å². The van der Waals surface area contributed by atoms with Gasteiger partial charge in [0, 0.05) is 32.3 Å². The van der Waals surface area contributed by atoms with Gasteiger partial charge in [-0.15, -0.1) is 24.8 Å². The Kier molecular flexibility index (Phi) is 9.81. The fraction of sp³-hybridized carbons (Fsp3) is 0.929. The quantitative estimate of drug-likeness (QED) is 0.809. The molecule has 0 aliphatic carbocycles. The number of piperidine rings is 1. The molecule has 1 amide bonds. The summed E-state index contributed by atoms with van der Waals surface area (Å²) in [6.45, 7) is 6.73. The van der Waals surface area contributed by atoms with E-state index in [0.717, 1.165) is 25.9 Å². The van der Waals surface area contributed by atoms with Crippen LogP contribution in [0.15, 0.2) is 0 Å². The molecule has 2 rings (SSSR count). The zero-order valence-corrected chi connectivity index (χ0v) is 14.4. The number of nitrogens with two attached hydrogens (primary N) is 1. The maximum atomic E-state index is 12.3. The zero-order valence-electron chi connectivity index (χ0n) is 12.8. The Hall–Kier alpha value is -0.0700. The molecule has 0 aromatic rings. The van der Waals surface area contributed by atoms with Crippen LogP contribution < -0.4 is 11.1 Å². The molecule has 2 heterocycles. The molecule has 5 nitrogen and oxygen atoms in total. The van der Waals surface area contributed by atoms with Crippen LogP contribution in [0, 0.1) is 0 Å². The number of likely N-dealkylation sites (tertiary alicyclic amines) is 1. The van der Waals surface area contributed by atoms with Crippen LogP contribution in [0.3, 0.4) is 0 Å². The molecule has 0 saturated carbocycles. The van der Waals surface area contributed by atoms with Crippen molar-refractivity contribution in [3.8, 4) is 0 Å². The smallest absolute Gasteiger partial charge is 0.240 e. The van der Waals surface area contributed by atoms with Crippen molar-refractivity contribution in [2.75, 3.05) is 32.8 Å². The van der Waals surface area contributed by atoms with Gasteiger partial charge in [0.25, 0.3) is 0 Å². The van der Waals surface area contributed by atoms with E-state index in [2.05, 4.69) is 17.1 Å². The first-order valence-corrected chi connectivity index (χ1v) is 7.54. The van der Waals surface area contributed by atoms with Crippen LogP contribution in [-0.2, 0) is 9.53 Å². The monoisotopic (exact) mass is 341 g/mol. The Morgan fingerprint density at radius 2 is 1.86 bits per heavy atom. The molecule has 2 fully saturated rings. The van der Waals surface area contributed by atoms with Crippen molar-refractivity contribution in [2.45, 2.75) is 50.6 Å². The van der Waals surface area contributed by atoms with E-state index < -0.39 is 5.54 Å². The van der Waals surface area contributed by atoms with Gasteiger partial charge in [-0.25, -0.2) is 0 Å². The lowest BCUT2D eigenvalue weighted by Gasteiger charge is -2.36. The summed E-state index contributed by atoms with van der Waals surface area (Å²) in [7, 11) is 0. The summed E-state index contributed by atoms with van der Waals surface area (Å²) in [5.41, 5.74) is 5.48. The first kappa shape index (κ1) is 20.9. The lowest BCUT2D eigenvalue weighted by molar-refractivity contribution is -0.130. The highest BCUT2D eigenvalue weighted by Crippen LogP contribution is 2.19. The van der Waals surface area contributed by atoms with Gasteiger partial charge in [-0.05, 0) is 38.6 Å². The van der Waals surface area contributed by atoms with E-state index >= 15 is 0 Å². The molecule has 126 valence electrons. The standard InChI is InChI=1S/C14H27N3O2.2ClH/c1-2-7-17-8-3-12(4-9-17)16-13(18)14(15)5-10-19-11-6-14;;/h12H,2-11,15H2,1H3,(H,16,18);2*1H. The minimum atomic E-state index is -0.710. The lowest BCUT2D eigenvalue weighted by Crippen LogP contribution is -2.59. The number of hydrogen-bond donors (Lipinski definition) is 2. The molecule has 0 bridgehead atoms. The molecular weight excluding hydrogens is 313 g/mol. The second-order valence-electron chi connectivity index (χ2n) is 5.86. The van der Waals surface area contributed by atoms with Crippen LogP contribution in [0.2, 0.25) is 0 Å². The average Bonchev–Trinajstić information content (AvgIpc) is 2.42. The van der Waals surface area contributed by atoms with Crippen molar-refractivity contribution in [2.24, 2.45) is 5.73 Å². The highest BCUT2D eigenvalue weighted by molar-refractivity contribution is 5.86. The molecule has 0 atom stereocenters. The minimum absolute atomic E-state index is 0. The van der Waals surface area contributed by atoms with Crippen LogP contribution in [-0.4, -0.2) is 55.2 Å². The molecular formula is C14H29Cl2N3O2. The number of nitrogens with one attached hydrogen (secondary N) is 1. The Bertz CT molecular complexity index is 305. The Balaban J connectivity index is 0.00000200. The molecule has 0 aromatic carbocycles. The van der Waals surface area contributed by atoms with E-state index in [-0.39, 0.29) is 30.7 Å². The van der Waals surface area contributed by atoms with Gasteiger partial charge in [0.05, 0.1) is 5.54 Å². The van der Waals surface area contributed by atoms with Crippen molar-refractivity contribution in [1.29, 1.82) is 0 Å². The van der Waals surface area contributed by atoms with Crippen molar-refractivity contribution >= 4 is 30.7 Å². The van der Waals surface area contributed by atoms with Gasteiger partial charge in [0.1, 0.15) is 0 Å². The number of carbonyl (C=O) groups is 1. The highest BCUT2D eigenvalue weighted by atomic mass is 35.5. The number of halogens is 2. The number of carbonyl (C=O) groups excluding carboxylic acids is 1. The highest BCUT2D eigenvalue weighted by Gasteiger charge is 2.37. The third kappa shape index (κ3) is 5.91. The molecule has 3 N–H and O–H groups in total. The minimum Gasteiger partial charge on any atom is -0.381 e. The average molecular weight is 342 g/mol. The summed E-state index contributed by atoms with van der Waals surface area (Å²) in [5, 5.41) is 3.15. The SMILES string of the molecule is CCCN1CCC(NC(=O)C2(N)CCOCC2)CC1.Cl.Cl. The van der Waals surface area contributed by atoms with E-state index in [4.69, 9.17) is 10.5 Å². The predicted molar refractivity (Wildman–Crippen MR) is 89.4 cm³/mol. The van der Waals surface area contributed by atoms with Crippen molar-refractivity contribution in [3.63, 3.8) is 0 Å². The maximum absolute atomic E-state index is 12.3. The van der Waals surface area contributed by atoms with E-state index in [1.165, 1.54) is 13.0 Å². The molecule has 2 aliphatic rings. The second-order valence-corrected chi connectivity index (χ2v) is 5.86. The van der Waals surface area contributed by atoms with Gasteiger partial charge in [0.2, 0.25) is 5.91 Å². The molecule has 2 saturated heterocycles. The number of hydrogen-bond acceptors (Lipinski definition) is 4. The fourth-order valence-electron chi connectivity index (χ4n) is 2.91. The Morgan fingerprint density at radius 3 is 2.38 bits per heavy atom. The fourth-order valence-corrected chi connectivity index (χ4v) is 2.91. The van der Waals surface area contributed by atoms with Crippen LogP contribution in [0.5, 0.6) is 0 Å². The van der Waals surface area contributed by atoms with E-state index in [0.29, 0.717) is 32.1 Å². The van der Waals surface area contributed by atoms with E-state index in [1.807, 2.05) is 0 Å². The summed E-state index contributed by atoms with van der Waals surface area (Å²) in [5.74, 6) is 0.0183. The Labute approximate surface area is 140 Å². The molecule has 0 aromatic heterocycles. The topological polar surface area (TPSA) is 67.6 Å². The molecule has 21 heavy (non-hydrogen) atoms. The maximum Gasteiger partial charge on any atom is 0.240 e. The third-order valence-corrected chi connectivity index (χ3v) is 4.30. The van der Waals surface area contributed by atoms with Crippen molar-refractivity contribution in [3.05, 3.63) is 0 Å². The van der Waals surface area contributed by atoms with Crippen molar-refractivity contribution < 1.29 is 9.53 Å². The first-order chi connectivity index (χ1) is 9.14. The summed E-state index contributed by atoms with van der Waals surface area (Å²) in [4.78, 5) is 14.8. The zero-order chi connectivity index (χ0) is 13.7. The molecule has 0 unspecified atom stereocenters. The normalized spacial score (nSPS) is 22.8. The first-order valence-electron chi connectivity index (χ1n) is 7.54. The van der Waals surface area contributed by atoms with Crippen LogP contribution in [0.25, 0.3) is 0 Å². The van der Waals surface area contributed by atoms with Crippen LogP contribution in [0.4, 0.5) is 0 Å². The summed E-state index contributed by atoms with van der Waals surface area (Å²) in [6, 6.07) is 0.295. The number of nitrogens with zero attached hydrogens (tertiary/aromatic N) is 1. The van der Waals surface area contributed by atoms with Crippen molar-refractivity contribution in [1.82, 2.24) is 10.2 Å². The molecule has 0 radical (unpaired) electrons. The molecule has 2 aliphatic heterocycles. The van der Waals surface area contributed by atoms with Gasteiger partial charge < -0.3 is 20.7 Å². The summed E-state index contributed by atoms with van der Waals surface area (Å²) >= 11 is 0.